The third kappa shape index (κ3) is 4.63. The molecule has 0 spiro atoms. The van der Waals surface area contributed by atoms with Gasteiger partial charge in [0, 0.05) is 5.75 Å². The van der Waals surface area contributed by atoms with Crippen molar-refractivity contribution >= 4 is 11.8 Å². The maximum atomic E-state index is 8.89. The first-order valence-electron chi connectivity index (χ1n) is 4.42. The number of hydrogen-bond donors (Lipinski definition) is 1. The Balaban J connectivity index is 3.73. The van der Waals surface area contributed by atoms with Crippen LogP contribution < -0.4 is 5.32 Å². The van der Waals surface area contributed by atoms with Crippen molar-refractivity contribution in [3.8, 4) is 6.07 Å². The van der Waals surface area contributed by atoms with E-state index in [2.05, 4.69) is 18.3 Å². The quantitative estimate of drug-likeness (QED) is 0.645. The predicted molar refractivity (Wildman–Crippen MR) is 55.3 cm³/mol. The normalized spacial score (nSPS) is 15.2. The Morgan fingerprint density at radius 3 is 2.58 bits per heavy atom. The second-order valence-electron chi connectivity index (χ2n) is 3.03. The number of thioether (sulfide) groups is 1. The molecule has 1 unspecified atom stereocenters. The summed E-state index contributed by atoms with van der Waals surface area (Å²) in [6, 6.07) is 2.31. The van der Waals surface area contributed by atoms with Gasteiger partial charge >= 0.3 is 0 Å². The lowest BCUT2D eigenvalue weighted by Crippen LogP contribution is -2.43. The van der Waals surface area contributed by atoms with E-state index >= 15 is 0 Å². The van der Waals surface area contributed by atoms with Crippen molar-refractivity contribution in [2.24, 2.45) is 0 Å². The van der Waals surface area contributed by atoms with E-state index in [1.165, 1.54) is 6.42 Å². The van der Waals surface area contributed by atoms with Gasteiger partial charge in [0.2, 0.25) is 0 Å². The summed E-state index contributed by atoms with van der Waals surface area (Å²) in [6.45, 7) is 7.00. The summed E-state index contributed by atoms with van der Waals surface area (Å²) < 4.78 is 0. The van der Waals surface area contributed by atoms with E-state index in [9.17, 15) is 0 Å². The number of rotatable bonds is 6. The van der Waals surface area contributed by atoms with Gasteiger partial charge in [0.25, 0.3) is 0 Å². The molecule has 0 fully saturated rings. The molecule has 1 atom stereocenters. The van der Waals surface area contributed by atoms with Crippen LogP contribution in [0.2, 0.25) is 0 Å². The minimum atomic E-state index is -0.339. The number of nitrogens with one attached hydrogen (secondary N) is 1. The minimum Gasteiger partial charge on any atom is -0.299 e. The van der Waals surface area contributed by atoms with Crippen molar-refractivity contribution in [3.05, 3.63) is 0 Å². The first kappa shape index (κ1) is 11.8. The zero-order chi connectivity index (χ0) is 9.45. The van der Waals surface area contributed by atoms with Gasteiger partial charge < -0.3 is 0 Å². The van der Waals surface area contributed by atoms with Gasteiger partial charge in [-0.3, -0.25) is 5.32 Å². The standard InChI is InChI=1S/C9H18N2S/c1-4-6-12-8-9(3,7-10)11-5-2/h11H,4-6,8H2,1-3H3. The molecule has 0 aliphatic heterocycles. The molecule has 12 heavy (non-hydrogen) atoms. The summed E-state index contributed by atoms with van der Waals surface area (Å²) in [5.41, 5.74) is -0.339. The molecule has 0 bridgehead atoms. The average molecular weight is 186 g/mol. The fraction of sp³-hybridized carbons (Fsp3) is 0.889. The van der Waals surface area contributed by atoms with Crippen LogP contribution in [0.5, 0.6) is 0 Å². The molecule has 0 aliphatic carbocycles. The lowest BCUT2D eigenvalue weighted by molar-refractivity contribution is 0.511. The molecule has 70 valence electrons. The monoisotopic (exact) mass is 186 g/mol. The van der Waals surface area contributed by atoms with Gasteiger partial charge in [0.15, 0.2) is 0 Å². The van der Waals surface area contributed by atoms with Crippen molar-refractivity contribution in [1.29, 1.82) is 5.26 Å². The number of hydrogen-bond acceptors (Lipinski definition) is 3. The third-order valence-corrected chi connectivity index (χ3v) is 3.03. The van der Waals surface area contributed by atoms with Crippen LogP contribution in [0, 0.1) is 11.3 Å². The Morgan fingerprint density at radius 2 is 2.17 bits per heavy atom. The number of nitriles is 1. The topological polar surface area (TPSA) is 35.8 Å². The minimum absolute atomic E-state index is 0.339. The van der Waals surface area contributed by atoms with E-state index in [0.29, 0.717) is 0 Å². The fourth-order valence-electron chi connectivity index (χ4n) is 0.934. The van der Waals surface area contributed by atoms with E-state index in [-0.39, 0.29) is 5.54 Å². The molecule has 0 heterocycles. The molecular formula is C9H18N2S. The second-order valence-corrected chi connectivity index (χ2v) is 4.13. The first-order chi connectivity index (χ1) is 5.68. The maximum Gasteiger partial charge on any atom is 0.113 e. The molecule has 0 radical (unpaired) electrons. The Morgan fingerprint density at radius 1 is 1.50 bits per heavy atom. The van der Waals surface area contributed by atoms with Gasteiger partial charge in [-0.25, -0.2) is 0 Å². The molecule has 0 amide bonds. The summed E-state index contributed by atoms with van der Waals surface area (Å²) in [5.74, 6) is 2.02. The molecule has 3 heteroatoms. The Kier molecular flexibility index (Phi) is 6.23. The summed E-state index contributed by atoms with van der Waals surface area (Å²) in [5, 5.41) is 12.1. The first-order valence-corrected chi connectivity index (χ1v) is 5.58. The summed E-state index contributed by atoms with van der Waals surface area (Å²) in [6.07, 6.45) is 1.18. The Bertz CT molecular complexity index is 153. The molecular weight excluding hydrogens is 168 g/mol. The smallest absolute Gasteiger partial charge is 0.113 e. The highest BCUT2D eigenvalue weighted by atomic mass is 32.2. The van der Waals surface area contributed by atoms with Gasteiger partial charge in [0.1, 0.15) is 5.54 Å². The lowest BCUT2D eigenvalue weighted by atomic mass is 10.1. The van der Waals surface area contributed by atoms with Gasteiger partial charge in [0.05, 0.1) is 6.07 Å². The largest absolute Gasteiger partial charge is 0.299 e. The van der Waals surface area contributed by atoms with Crippen LogP contribution in [0.15, 0.2) is 0 Å². The zero-order valence-electron chi connectivity index (χ0n) is 8.18. The summed E-state index contributed by atoms with van der Waals surface area (Å²) >= 11 is 1.84. The molecule has 0 aliphatic rings. The van der Waals surface area contributed by atoms with Crippen molar-refractivity contribution in [1.82, 2.24) is 5.32 Å². The van der Waals surface area contributed by atoms with Crippen molar-refractivity contribution in [2.45, 2.75) is 32.7 Å². The maximum absolute atomic E-state index is 8.89. The molecule has 1 N–H and O–H groups in total. The van der Waals surface area contributed by atoms with E-state index < -0.39 is 0 Å². The van der Waals surface area contributed by atoms with E-state index in [1.54, 1.807) is 0 Å². The molecule has 2 nitrogen and oxygen atoms in total. The summed E-state index contributed by atoms with van der Waals surface area (Å²) in [7, 11) is 0. The summed E-state index contributed by atoms with van der Waals surface area (Å²) in [4.78, 5) is 0. The van der Waals surface area contributed by atoms with Crippen molar-refractivity contribution in [3.63, 3.8) is 0 Å². The highest BCUT2D eigenvalue weighted by molar-refractivity contribution is 7.99. The third-order valence-electron chi connectivity index (χ3n) is 1.55. The molecule has 0 saturated heterocycles. The zero-order valence-corrected chi connectivity index (χ0v) is 9.00. The molecule has 0 saturated carbocycles. The van der Waals surface area contributed by atoms with E-state index in [0.717, 1.165) is 18.1 Å². The van der Waals surface area contributed by atoms with Crippen LogP contribution in [0.4, 0.5) is 0 Å². The van der Waals surface area contributed by atoms with Crippen LogP contribution in [0.25, 0.3) is 0 Å². The van der Waals surface area contributed by atoms with Crippen molar-refractivity contribution in [2.75, 3.05) is 18.1 Å². The van der Waals surface area contributed by atoms with Crippen LogP contribution >= 0.6 is 11.8 Å². The Labute approximate surface area is 79.7 Å². The predicted octanol–water partition coefficient (Wildman–Crippen LogP) is 2.02. The van der Waals surface area contributed by atoms with Crippen LogP contribution in [0.3, 0.4) is 0 Å². The van der Waals surface area contributed by atoms with Crippen LogP contribution in [0.1, 0.15) is 27.2 Å². The van der Waals surface area contributed by atoms with Crippen LogP contribution in [-0.2, 0) is 0 Å². The molecule has 0 aromatic carbocycles. The second kappa shape index (κ2) is 6.33. The number of nitrogens with zero attached hydrogens (tertiary/aromatic N) is 1. The Hall–Kier alpha value is -0.200. The van der Waals surface area contributed by atoms with Gasteiger partial charge in [-0.1, -0.05) is 13.8 Å². The van der Waals surface area contributed by atoms with E-state index in [4.69, 9.17) is 5.26 Å². The van der Waals surface area contributed by atoms with Crippen molar-refractivity contribution < 1.29 is 0 Å². The van der Waals surface area contributed by atoms with Gasteiger partial charge in [-0.15, -0.1) is 0 Å². The van der Waals surface area contributed by atoms with Gasteiger partial charge in [-0.05, 0) is 25.6 Å². The highest BCUT2D eigenvalue weighted by Gasteiger charge is 2.21. The SMILES string of the molecule is CCCSCC(C)(C#N)NCC. The molecule has 0 rings (SSSR count). The highest BCUT2D eigenvalue weighted by Crippen LogP contribution is 2.12. The van der Waals surface area contributed by atoms with Crippen LogP contribution in [-0.4, -0.2) is 23.6 Å². The average Bonchev–Trinajstić information content (AvgIpc) is 2.06. The van der Waals surface area contributed by atoms with Gasteiger partial charge in [-0.2, -0.15) is 17.0 Å². The van der Waals surface area contributed by atoms with E-state index in [1.807, 2.05) is 25.6 Å². The molecule has 0 aromatic rings. The lowest BCUT2D eigenvalue weighted by Gasteiger charge is -2.21. The molecule has 0 aromatic heterocycles. The fourth-order valence-corrected chi connectivity index (χ4v) is 1.94.